The van der Waals surface area contributed by atoms with Gasteiger partial charge in [0.25, 0.3) is 0 Å². The highest BCUT2D eigenvalue weighted by Crippen LogP contribution is 2.36. The lowest BCUT2D eigenvalue weighted by Gasteiger charge is -2.13. The van der Waals surface area contributed by atoms with Gasteiger partial charge in [-0.1, -0.05) is 36.4 Å². The Morgan fingerprint density at radius 2 is 1.32 bits per heavy atom. The van der Waals surface area contributed by atoms with E-state index < -0.39 is 12.6 Å². The number of rotatable bonds is 7. The van der Waals surface area contributed by atoms with Crippen LogP contribution >= 0.6 is 0 Å². The van der Waals surface area contributed by atoms with Gasteiger partial charge >= 0.3 is 5.97 Å². The summed E-state index contributed by atoms with van der Waals surface area (Å²) in [6, 6.07) is 23.5. The molecule has 0 aromatic heterocycles. The van der Waals surface area contributed by atoms with E-state index in [0.717, 1.165) is 0 Å². The van der Waals surface area contributed by atoms with Crippen molar-refractivity contribution in [3.63, 3.8) is 0 Å². The third-order valence-corrected chi connectivity index (χ3v) is 3.22. The van der Waals surface area contributed by atoms with Gasteiger partial charge in [-0.2, -0.15) is 0 Å². The topological polar surface area (TPSA) is 65.0 Å². The highest BCUT2D eigenvalue weighted by atomic mass is 16.5. The molecule has 5 nitrogen and oxygen atoms in total. The molecule has 5 heteroatoms. The molecular formula is C20H16O5. The molecule has 0 spiro atoms. The first-order chi connectivity index (χ1) is 12.2. The van der Waals surface area contributed by atoms with Crippen molar-refractivity contribution in [2.75, 3.05) is 6.61 Å². The van der Waals surface area contributed by atoms with Crippen molar-refractivity contribution in [1.29, 1.82) is 0 Å². The zero-order valence-electron chi connectivity index (χ0n) is 13.3. The minimum atomic E-state index is -1.06. The van der Waals surface area contributed by atoms with Crippen LogP contribution in [-0.2, 0) is 4.79 Å². The second-order valence-electron chi connectivity index (χ2n) is 5.12. The molecule has 3 aromatic carbocycles. The van der Waals surface area contributed by atoms with Crippen LogP contribution in [0.15, 0.2) is 78.9 Å². The molecule has 0 atom stereocenters. The monoisotopic (exact) mass is 336 g/mol. The van der Waals surface area contributed by atoms with Crippen molar-refractivity contribution in [1.82, 2.24) is 0 Å². The fourth-order valence-corrected chi connectivity index (χ4v) is 2.13. The zero-order chi connectivity index (χ0) is 17.5. The molecule has 0 unspecified atom stereocenters. The van der Waals surface area contributed by atoms with Gasteiger partial charge in [0.2, 0.25) is 0 Å². The Hall–Kier alpha value is -3.47. The summed E-state index contributed by atoms with van der Waals surface area (Å²) >= 11 is 0. The van der Waals surface area contributed by atoms with E-state index in [2.05, 4.69) is 0 Å². The van der Waals surface area contributed by atoms with Gasteiger partial charge in [-0.05, 0) is 36.4 Å². The van der Waals surface area contributed by atoms with E-state index in [4.69, 9.17) is 19.3 Å². The number of hydrogen-bond acceptors (Lipinski definition) is 4. The van der Waals surface area contributed by atoms with Crippen LogP contribution in [0, 0.1) is 0 Å². The van der Waals surface area contributed by atoms with Gasteiger partial charge in [0.05, 0.1) is 0 Å². The lowest BCUT2D eigenvalue weighted by Crippen LogP contribution is -2.09. The van der Waals surface area contributed by atoms with Gasteiger partial charge in [-0.3, -0.25) is 0 Å². The number of ether oxygens (including phenoxy) is 3. The smallest absolute Gasteiger partial charge is 0.341 e. The summed E-state index contributed by atoms with van der Waals surface area (Å²) in [5.41, 5.74) is 0. The van der Waals surface area contributed by atoms with Crippen LogP contribution in [0.1, 0.15) is 0 Å². The molecule has 0 aliphatic rings. The molecule has 0 radical (unpaired) electrons. The number of carbonyl (C=O) groups is 1. The number of carboxylic acids is 1. The Morgan fingerprint density at radius 1 is 0.720 bits per heavy atom. The normalized spacial score (nSPS) is 10.1. The third-order valence-electron chi connectivity index (χ3n) is 3.22. The Kier molecular flexibility index (Phi) is 5.16. The van der Waals surface area contributed by atoms with E-state index in [1.165, 1.54) is 0 Å². The van der Waals surface area contributed by atoms with E-state index in [-0.39, 0.29) is 0 Å². The van der Waals surface area contributed by atoms with Gasteiger partial charge in [0, 0.05) is 6.07 Å². The standard InChI is InChI=1S/C20H16O5/c21-20(22)14-23-18-12-11-17(24-15-7-3-1-4-8-15)13-19(18)25-16-9-5-2-6-10-16/h1-13H,14H2,(H,21,22). The molecule has 25 heavy (non-hydrogen) atoms. The Morgan fingerprint density at radius 3 is 1.92 bits per heavy atom. The first-order valence-corrected chi connectivity index (χ1v) is 7.65. The van der Waals surface area contributed by atoms with Crippen molar-refractivity contribution in [3.05, 3.63) is 78.9 Å². The average molecular weight is 336 g/mol. The second-order valence-corrected chi connectivity index (χ2v) is 5.12. The van der Waals surface area contributed by atoms with Crippen LogP contribution in [0.5, 0.6) is 28.7 Å². The first-order valence-electron chi connectivity index (χ1n) is 7.65. The molecule has 126 valence electrons. The zero-order valence-corrected chi connectivity index (χ0v) is 13.3. The largest absolute Gasteiger partial charge is 0.479 e. The minimum Gasteiger partial charge on any atom is -0.479 e. The van der Waals surface area contributed by atoms with Gasteiger partial charge in [0.1, 0.15) is 17.2 Å². The van der Waals surface area contributed by atoms with E-state index >= 15 is 0 Å². The van der Waals surface area contributed by atoms with Gasteiger partial charge in [-0.25, -0.2) is 4.79 Å². The summed E-state index contributed by atoms with van der Waals surface area (Å²) < 4.78 is 16.9. The van der Waals surface area contributed by atoms with E-state index in [1.54, 1.807) is 30.3 Å². The molecule has 1 N–H and O–H groups in total. The fraction of sp³-hybridized carbons (Fsp3) is 0.0500. The minimum absolute atomic E-state index is 0.326. The maximum atomic E-state index is 10.8. The van der Waals surface area contributed by atoms with Crippen LogP contribution in [-0.4, -0.2) is 17.7 Å². The highest BCUT2D eigenvalue weighted by Gasteiger charge is 2.11. The summed E-state index contributed by atoms with van der Waals surface area (Å²) in [6.45, 7) is -0.454. The molecule has 0 saturated carbocycles. The predicted octanol–water partition coefficient (Wildman–Crippen LogP) is 4.73. The maximum absolute atomic E-state index is 10.8. The highest BCUT2D eigenvalue weighted by molar-refractivity contribution is 5.68. The molecular weight excluding hydrogens is 320 g/mol. The van der Waals surface area contributed by atoms with Crippen LogP contribution in [0.3, 0.4) is 0 Å². The summed E-state index contributed by atoms with van der Waals surface area (Å²) in [4.78, 5) is 10.8. The molecule has 0 amide bonds. The Bertz CT molecular complexity index is 831. The number of hydrogen-bond donors (Lipinski definition) is 1. The number of carboxylic acid groups (broad SMARTS) is 1. The fourth-order valence-electron chi connectivity index (χ4n) is 2.13. The summed E-state index contributed by atoms with van der Waals surface area (Å²) in [7, 11) is 0. The van der Waals surface area contributed by atoms with E-state index in [9.17, 15) is 4.79 Å². The van der Waals surface area contributed by atoms with Gasteiger partial charge in [-0.15, -0.1) is 0 Å². The first kappa shape index (κ1) is 16.4. The number of para-hydroxylation sites is 2. The third kappa shape index (κ3) is 4.75. The van der Waals surface area contributed by atoms with Crippen LogP contribution in [0.25, 0.3) is 0 Å². The number of benzene rings is 3. The van der Waals surface area contributed by atoms with Crippen molar-refractivity contribution in [3.8, 4) is 28.7 Å². The van der Waals surface area contributed by atoms with Crippen molar-refractivity contribution < 1.29 is 24.1 Å². The van der Waals surface area contributed by atoms with E-state index in [0.29, 0.717) is 28.7 Å². The molecule has 0 heterocycles. The SMILES string of the molecule is O=C(O)COc1ccc(Oc2ccccc2)cc1Oc1ccccc1. The van der Waals surface area contributed by atoms with Crippen molar-refractivity contribution in [2.45, 2.75) is 0 Å². The summed E-state index contributed by atoms with van der Waals surface area (Å²) in [5.74, 6) is 1.49. The Balaban J connectivity index is 1.86. The summed E-state index contributed by atoms with van der Waals surface area (Å²) in [6.07, 6.45) is 0. The van der Waals surface area contributed by atoms with Gasteiger partial charge in [0.15, 0.2) is 18.1 Å². The lowest BCUT2D eigenvalue weighted by atomic mass is 10.3. The lowest BCUT2D eigenvalue weighted by molar-refractivity contribution is -0.139. The van der Waals surface area contributed by atoms with Crippen LogP contribution in [0.4, 0.5) is 0 Å². The molecule has 0 aliphatic carbocycles. The Labute approximate surface area is 145 Å². The predicted molar refractivity (Wildman–Crippen MR) is 92.6 cm³/mol. The molecule has 0 saturated heterocycles. The quantitative estimate of drug-likeness (QED) is 0.675. The van der Waals surface area contributed by atoms with Crippen LogP contribution in [0.2, 0.25) is 0 Å². The summed E-state index contributed by atoms with van der Waals surface area (Å²) in [5, 5.41) is 8.81. The van der Waals surface area contributed by atoms with Crippen LogP contribution < -0.4 is 14.2 Å². The van der Waals surface area contributed by atoms with Crippen molar-refractivity contribution >= 4 is 5.97 Å². The second kappa shape index (κ2) is 7.88. The molecule has 0 fully saturated rings. The molecule has 0 aliphatic heterocycles. The number of aliphatic carboxylic acids is 1. The van der Waals surface area contributed by atoms with Gasteiger partial charge < -0.3 is 19.3 Å². The molecule has 3 rings (SSSR count). The molecule has 3 aromatic rings. The molecule has 0 bridgehead atoms. The average Bonchev–Trinajstić information content (AvgIpc) is 2.63. The van der Waals surface area contributed by atoms with Crippen molar-refractivity contribution in [2.24, 2.45) is 0 Å². The maximum Gasteiger partial charge on any atom is 0.341 e. The van der Waals surface area contributed by atoms with E-state index in [1.807, 2.05) is 48.5 Å².